The van der Waals surface area contributed by atoms with Crippen LogP contribution in [-0.4, -0.2) is 22.6 Å². The number of carbonyl (C=O) groups excluding carboxylic acids is 1. The van der Waals surface area contributed by atoms with Gasteiger partial charge < -0.3 is 9.84 Å². The Hall–Kier alpha value is -2.17. The second-order valence-electron chi connectivity index (χ2n) is 6.70. The normalized spacial score (nSPS) is 16.8. The lowest BCUT2D eigenvalue weighted by atomic mass is 9.67. The van der Waals surface area contributed by atoms with E-state index in [1.165, 1.54) is 17.5 Å². The van der Waals surface area contributed by atoms with Crippen LogP contribution in [0.15, 0.2) is 28.8 Å². The minimum absolute atomic E-state index is 0.132. The summed E-state index contributed by atoms with van der Waals surface area (Å²) in [6, 6.07) is 8.28. The van der Waals surface area contributed by atoms with Gasteiger partial charge >= 0.3 is 0 Å². The van der Waals surface area contributed by atoms with Crippen molar-refractivity contribution in [2.75, 3.05) is 6.54 Å². The number of nitrogens with zero attached hydrogens (tertiary/aromatic N) is 2. The molecule has 1 aromatic heterocycles. The van der Waals surface area contributed by atoms with E-state index in [1.807, 2.05) is 12.1 Å². The molecular formula is C19H25N3O2. The summed E-state index contributed by atoms with van der Waals surface area (Å²) in [4.78, 5) is 17.3. The van der Waals surface area contributed by atoms with Gasteiger partial charge in [-0.05, 0) is 37.8 Å². The molecule has 1 N–H and O–H groups in total. The van der Waals surface area contributed by atoms with Crippen molar-refractivity contribution in [2.24, 2.45) is 0 Å². The molecule has 128 valence electrons. The van der Waals surface area contributed by atoms with Crippen LogP contribution >= 0.6 is 0 Å². The zero-order valence-electron chi connectivity index (χ0n) is 14.5. The van der Waals surface area contributed by atoms with Gasteiger partial charge in [-0.3, -0.25) is 4.79 Å². The minimum Gasteiger partial charge on any atom is -0.355 e. The molecule has 1 fully saturated rings. The molecule has 1 aliphatic carbocycles. The highest BCUT2D eigenvalue weighted by molar-refractivity contribution is 5.88. The number of hydrogen-bond donors (Lipinski definition) is 1. The van der Waals surface area contributed by atoms with Crippen molar-refractivity contribution in [3.05, 3.63) is 47.1 Å². The average Bonchev–Trinajstić information content (AvgIpc) is 3.01. The second kappa shape index (κ2) is 7.16. The van der Waals surface area contributed by atoms with Crippen LogP contribution in [0.5, 0.6) is 0 Å². The molecule has 1 aliphatic rings. The number of aryl methyl sites for hydroxylation is 2. The summed E-state index contributed by atoms with van der Waals surface area (Å²) >= 11 is 0. The highest BCUT2D eigenvalue weighted by Gasteiger charge is 2.41. The van der Waals surface area contributed by atoms with Gasteiger partial charge in [0.05, 0.1) is 5.41 Å². The van der Waals surface area contributed by atoms with Gasteiger partial charge in [0, 0.05) is 13.0 Å². The molecule has 0 aliphatic heterocycles. The predicted octanol–water partition coefficient (Wildman–Crippen LogP) is 3.25. The number of benzene rings is 1. The number of nitrogens with one attached hydrogen (secondary N) is 1. The maximum absolute atomic E-state index is 13.1. The second-order valence-corrected chi connectivity index (χ2v) is 6.70. The van der Waals surface area contributed by atoms with E-state index in [0.717, 1.165) is 25.7 Å². The number of hydrogen-bond acceptors (Lipinski definition) is 4. The molecule has 24 heavy (non-hydrogen) atoms. The van der Waals surface area contributed by atoms with Gasteiger partial charge in [0.1, 0.15) is 0 Å². The third-order valence-corrected chi connectivity index (χ3v) is 5.00. The molecular weight excluding hydrogens is 302 g/mol. The predicted molar refractivity (Wildman–Crippen MR) is 91.7 cm³/mol. The molecule has 0 unspecified atom stereocenters. The first-order valence-corrected chi connectivity index (χ1v) is 8.75. The first kappa shape index (κ1) is 16.7. The molecule has 1 heterocycles. The van der Waals surface area contributed by atoms with Crippen molar-refractivity contribution in [1.29, 1.82) is 0 Å². The first-order valence-electron chi connectivity index (χ1n) is 8.75. The maximum Gasteiger partial charge on any atom is 0.230 e. The van der Waals surface area contributed by atoms with E-state index >= 15 is 0 Å². The van der Waals surface area contributed by atoms with E-state index in [9.17, 15) is 4.79 Å². The molecule has 0 spiro atoms. The molecule has 1 aromatic carbocycles. The molecule has 3 rings (SSSR count). The van der Waals surface area contributed by atoms with Crippen LogP contribution < -0.4 is 5.32 Å². The summed E-state index contributed by atoms with van der Waals surface area (Å²) in [5, 5.41) is 6.89. The van der Waals surface area contributed by atoms with E-state index in [1.54, 1.807) is 6.92 Å². The lowest BCUT2D eigenvalue weighted by Gasteiger charge is -2.37. The van der Waals surface area contributed by atoms with Crippen LogP contribution in [0.2, 0.25) is 0 Å². The first-order chi connectivity index (χ1) is 11.6. The van der Waals surface area contributed by atoms with Crippen molar-refractivity contribution < 1.29 is 9.32 Å². The third-order valence-electron chi connectivity index (χ3n) is 5.00. The van der Waals surface area contributed by atoms with Crippen molar-refractivity contribution in [2.45, 2.75) is 57.8 Å². The summed E-state index contributed by atoms with van der Waals surface area (Å²) in [7, 11) is 0. The summed E-state index contributed by atoms with van der Waals surface area (Å²) in [5.41, 5.74) is 1.98. The van der Waals surface area contributed by atoms with E-state index in [4.69, 9.17) is 4.52 Å². The Balaban J connectivity index is 1.73. The van der Waals surface area contributed by atoms with Crippen LogP contribution in [0.4, 0.5) is 0 Å². The maximum atomic E-state index is 13.1. The summed E-state index contributed by atoms with van der Waals surface area (Å²) in [6.45, 7) is 4.41. The fourth-order valence-electron chi connectivity index (χ4n) is 3.78. The molecule has 5 heteroatoms. The fourth-order valence-corrected chi connectivity index (χ4v) is 3.78. The quantitative estimate of drug-likeness (QED) is 0.915. The smallest absolute Gasteiger partial charge is 0.230 e. The monoisotopic (exact) mass is 327 g/mol. The van der Waals surface area contributed by atoms with Crippen molar-refractivity contribution in [3.8, 4) is 0 Å². The van der Waals surface area contributed by atoms with Crippen molar-refractivity contribution >= 4 is 5.91 Å². The van der Waals surface area contributed by atoms with Crippen molar-refractivity contribution in [3.63, 3.8) is 0 Å². The Bertz CT molecular complexity index is 702. The van der Waals surface area contributed by atoms with Gasteiger partial charge in [-0.1, -0.05) is 48.7 Å². The topological polar surface area (TPSA) is 68.0 Å². The Morgan fingerprint density at radius 2 is 1.96 bits per heavy atom. The molecule has 1 saturated carbocycles. The zero-order valence-corrected chi connectivity index (χ0v) is 14.5. The summed E-state index contributed by atoms with van der Waals surface area (Å²) in [5.74, 6) is 1.33. The van der Waals surface area contributed by atoms with E-state index in [2.05, 4.69) is 34.5 Å². The largest absolute Gasteiger partial charge is 0.355 e. The van der Waals surface area contributed by atoms with Gasteiger partial charge in [-0.15, -0.1) is 0 Å². The number of carbonyl (C=O) groups is 1. The average molecular weight is 327 g/mol. The third kappa shape index (κ3) is 3.35. The van der Waals surface area contributed by atoms with E-state index in [0.29, 0.717) is 24.7 Å². The Kier molecular flexibility index (Phi) is 4.97. The molecule has 0 saturated heterocycles. The van der Waals surface area contributed by atoms with Gasteiger partial charge in [0.15, 0.2) is 5.82 Å². The van der Waals surface area contributed by atoms with Gasteiger partial charge in [-0.2, -0.15) is 4.98 Å². The van der Waals surface area contributed by atoms with Crippen molar-refractivity contribution in [1.82, 2.24) is 15.5 Å². The van der Waals surface area contributed by atoms with Gasteiger partial charge in [-0.25, -0.2) is 0 Å². The fraction of sp³-hybridized carbons (Fsp3) is 0.526. The Labute approximate surface area is 142 Å². The standard InChI is InChI=1S/C19H25N3O2/c1-14-8-4-5-9-16(14)19(11-6-3-7-12-19)18(23)20-13-10-17-21-15(2)22-24-17/h4-5,8-9H,3,6-7,10-13H2,1-2H3,(H,20,23). The summed E-state index contributed by atoms with van der Waals surface area (Å²) < 4.78 is 5.11. The Morgan fingerprint density at radius 1 is 1.21 bits per heavy atom. The molecule has 2 aromatic rings. The number of amides is 1. The zero-order chi connectivity index (χ0) is 17.0. The van der Waals surface area contributed by atoms with Crippen LogP contribution in [-0.2, 0) is 16.6 Å². The highest BCUT2D eigenvalue weighted by Crippen LogP contribution is 2.41. The SMILES string of the molecule is Cc1noc(CCNC(=O)C2(c3ccccc3C)CCCCC2)n1. The molecule has 0 bridgehead atoms. The molecule has 1 amide bonds. The summed E-state index contributed by atoms with van der Waals surface area (Å²) in [6.07, 6.45) is 5.82. The van der Waals surface area contributed by atoms with Gasteiger partial charge in [0.25, 0.3) is 0 Å². The van der Waals surface area contributed by atoms with Gasteiger partial charge in [0.2, 0.25) is 11.8 Å². The van der Waals surface area contributed by atoms with Crippen LogP contribution in [0.3, 0.4) is 0 Å². The van der Waals surface area contributed by atoms with Crippen LogP contribution in [0.25, 0.3) is 0 Å². The lowest BCUT2D eigenvalue weighted by Crippen LogP contribution is -2.46. The van der Waals surface area contributed by atoms with E-state index in [-0.39, 0.29) is 5.91 Å². The molecule has 5 nitrogen and oxygen atoms in total. The van der Waals surface area contributed by atoms with Crippen LogP contribution in [0, 0.1) is 13.8 Å². The number of aromatic nitrogens is 2. The minimum atomic E-state index is -0.394. The molecule has 0 radical (unpaired) electrons. The van der Waals surface area contributed by atoms with Crippen LogP contribution in [0.1, 0.15) is 54.9 Å². The lowest BCUT2D eigenvalue weighted by molar-refractivity contribution is -0.128. The Morgan fingerprint density at radius 3 is 2.62 bits per heavy atom. The van der Waals surface area contributed by atoms with E-state index < -0.39 is 5.41 Å². The number of rotatable bonds is 5. The molecule has 0 atom stereocenters. The highest BCUT2D eigenvalue weighted by atomic mass is 16.5.